The summed E-state index contributed by atoms with van der Waals surface area (Å²) in [5.41, 5.74) is -0.384. The van der Waals surface area contributed by atoms with Crippen molar-refractivity contribution in [3.8, 4) is 0 Å². The van der Waals surface area contributed by atoms with Crippen LogP contribution in [0.3, 0.4) is 0 Å². The number of carbonyl (C=O) groups is 1. The van der Waals surface area contributed by atoms with Gasteiger partial charge in [-0.1, -0.05) is 6.07 Å². The van der Waals surface area contributed by atoms with Gasteiger partial charge in [-0.25, -0.2) is 4.79 Å². The second-order valence-electron chi connectivity index (χ2n) is 3.47. The molecule has 0 saturated heterocycles. The van der Waals surface area contributed by atoms with Crippen LogP contribution in [0.4, 0.5) is 13.2 Å². The first kappa shape index (κ1) is 11.5. The van der Waals surface area contributed by atoms with Gasteiger partial charge in [0.2, 0.25) is 0 Å². The molecule has 17 heavy (non-hydrogen) atoms. The number of hydrogen-bond donors (Lipinski definition) is 1. The van der Waals surface area contributed by atoms with Crippen LogP contribution in [0.1, 0.15) is 16.1 Å². The molecule has 0 bridgehead atoms. The first-order valence-electron chi connectivity index (χ1n) is 4.70. The Hall–Kier alpha value is -1.98. The van der Waals surface area contributed by atoms with E-state index in [-0.39, 0.29) is 11.2 Å². The van der Waals surface area contributed by atoms with E-state index in [9.17, 15) is 18.0 Å². The molecular formula is C11H8F3NO2. The van der Waals surface area contributed by atoms with E-state index in [1.807, 2.05) is 0 Å². The lowest BCUT2D eigenvalue weighted by atomic mass is 10.1. The van der Waals surface area contributed by atoms with E-state index in [0.29, 0.717) is 5.39 Å². The largest absolute Gasteiger partial charge is 0.464 e. The van der Waals surface area contributed by atoms with E-state index in [0.717, 1.165) is 12.1 Å². The minimum Gasteiger partial charge on any atom is -0.464 e. The third-order valence-electron chi connectivity index (χ3n) is 2.36. The number of methoxy groups -OCH3 is 1. The van der Waals surface area contributed by atoms with Crippen LogP contribution in [0, 0.1) is 0 Å². The Morgan fingerprint density at radius 3 is 2.59 bits per heavy atom. The van der Waals surface area contributed by atoms with Crippen molar-refractivity contribution in [1.82, 2.24) is 4.98 Å². The van der Waals surface area contributed by atoms with Gasteiger partial charge in [0.25, 0.3) is 0 Å². The second kappa shape index (κ2) is 3.80. The molecule has 6 heteroatoms. The molecule has 0 spiro atoms. The summed E-state index contributed by atoms with van der Waals surface area (Å²) in [6.07, 6.45) is -4.40. The van der Waals surface area contributed by atoms with Crippen LogP contribution >= 0.6 is 0 Å². The molecule has 0 aliphatic carbocycles. The highest BCUT2D eigenvalue weighted by Gasteiger charge is 2.30. The molecule has 0 amide bonds. The van der Waals surface area contributed by atoms with Crippen LogP contribution in [-0.2, 0) is 10.9 Å². The smallest absolute Gasteiger partial charge is 0.416 e. The molecule has 0 saturated carbocycles. The average molecular weight is 243 g/mol. The third kappa shape index (κ3) is 2.11. The summed E-state index contributed by atoms with van der Waals surface area (Å²) in [5, 5.41) is 0.526. The Balaban J connectivity index is 2.52. The maximum Gasteiger partial charge on any atom is 0.416 e. The molecule has 1 aromatic heterocycles. The fourth-order valence-electron chi connectivity index (χ4n) is 1.52. The zero-order valence-corrected chi connectivity index (χ0v) is 8.76. The zero-order valence-electron chi connectivity index (χ0n) is 8.76. The quantitative estimate of drug-likeness (QED) is 0.782. The number of benzene rings is 1. The standard InChI is InChI=1S/C11H8F3NO2/c1-17-10(16)9-4-6-2-3-7(11(12,13)14)5-8(6)15-9/h2-5,15H,1H3. The van der Waals surface area contributed by atoms with Crippen LogP contribution < -0.4 is 0 Å². The topological polar surface area (TPSA) is 42.1 Å². The van der Waals surface area contributed by atoms with Gasteiger partial charge in [-0.15, -0.1) is 0 Å². The van der Waals surface area contributed by atoms with Gasteiger partial charge in [-0.05, 0) is 18.2 Å². The van der Waals surface area contributed by atoms with Crippen molar-refractivity contribution in [2.24, 2.45) is 0 Å². The summed E-state index contributed by atoms with van der Waals surface area (Å²) >= 11 is 0. The average Bonchev–Trinajstić information content (AvgIpc) is 2.69. The zero-order chi connectivity index (χ0) is 12.6. The summed E-state index contributed by atoms with van der Waals surface area (Å²) in [6, 6.07) is 4.68. The van der Waals surface area contributed by atoms with Crippen molar-refractivity contribution in [2.75, 3.05) is 7.11 Å². The molecule has 1 heterocycles. The number of carbonyl (C=O) groups excluding carboxylic acids is 1. The molecule has 1 N–H and O–H groups in total. The Bertz CT molecular complexity index is 572. The Morgan fingerprint density at radius 2 is 2.00 bits per heavy atom. The van der Waals surface area contributed by atoms with Crippen molar-refractivity contribution >= 4 is 16.9 Å². The Labute approximate surface area is 94.2 Å². The van der Waals surface area contributed by atoms with E-state index < -0.39 is 17.7 Å². The maximum absolute atomic E-state index is 12.4. The van der Waals surface area contributed by atoms with Crippen molar-refractivity contribution < 1.29 is 22.7 Å². The summed E-state index contributed by atoms with van der Waals surface area (Å²) in [6.45, 7) is 0. The SMILES string of the molecule is COC(=O)c1cc2ccc(C(F)(F)F)cc2[nH]1. The van der Waals surface area contributed by atoms with Gasteiger partial charge in [0.15, 0.2) is 0 Å². The summed E-state index contributed by atoms with van der Waals surface area (Å²) in [5.74, 6) is -0.616. The molecule has 2 rings (SSSR count). The number of halogens is 3. The first-order chi connectivity index (χ1) is 7.91. The molecule has 0 unspecified atom stereocenters. The van der Waals surface area contributed by atoms with Crippen LogP contribution in [0.15, 0.2) is 24.3 Å². The normalized spacial score (nSPS) is 11.8. The van der Waals surface area contributed by atoms with Crippen LogP contribution in [0.2, 0.25) is 0 Å². The fraction of sp³-hybridized carbons (Fsp3) is 0.182. The van der Waals surface area contributed by atoms with Crippen molar-refractivity contribution in [1.29, 1.82) is 0 Å². The minimum atomic E-state index is -4.40. The Kier molecular flexibility index (Phi) is 2.57. The van der Waals surface area contributed by atoms with Gasteiger partial charge >= 0.3 is 12.1 Å². The number of aromatic amines is 1. The highest BCUT2D eigenvalue weighted by molar-refractivity contribution is 5.94. The van der Waals surface area contributed by atoms with Crippen LogP contribution in [0.5, 0.6) is 0 Å². The summed E-state index contributed by atoms with van der Waals surface area (Å²) in [7, 11) is 1.20. The molecular weight excluding hydrogens is 235 g/mol. The van der Waals surface area contributed by atoms with Crippen LogP contribution in [-0.4, -0.2) is 18.1 Å². The molecule has 0 aliphatic heterocycles. The summed E-state index contributed by atoms with van der Waals surface area (Å²) < 4.78 is 41.8. The molecule has 1 aromatic carbocycles. The second-order valence-corrected chi connectivity index (χ2v) is 3.47. The van der Waals surface area contributed by atoms with Crippen molar-refractivity contribution in [3.63, 3.8) is 0 Å². The lowest BCUT2D eigenvalue weighted by Crippen LogP contribution is -2.04. The van der Waals surface area contributed by atoms with Crippen LogP contribution in [0.25, 0.3) is 10.9 Å². The first-order valence-corrected chi connectivity index (χ1v) is 4.70. The monoisotopic (exact) mass is 243 g/mol. The number of hydrogen-bond acceptors (Lipinski definition) is 2. The van der Waals surface area contributed by atoms with E-state index in [2.05, 4.69) is 9.72 Å². The maximum atomic E-state index is 12.4. The number of esters is 1. The predicted molar refractivity (Wildman–Crippen MR) is 54.6 cm³/mol. The number of fused-ring (bicyclic) bond motifs is 1. The molecule has 3 nitrogen and oxygen atoms in total. The molecule has 90 valence electrons. The van der Waals surface area contributed by atoms with Gasteiger partial charge in [-0.3, -0.25) is 0 Å². The molecule has 0 fully saturated rings. The number of alkyl halides is 3. The highest BCUT2D eigenvalue weighted by atomic mass is 19.4. The van der Waals surface area contributed by atoms with Gasteiger partial charge in [0, 0.05) is 10.9 Å². The lowest BCUT2D eigenvalue weighted by molar-refractivity contribution is -0.137. The number of rotatable bonds is 1. The van der Waals surface area contributed by atoms with E-state index in [4.69, 9.17) is 0 Å². The predicted octanol–water partition coefficient (Wildman–Crippen LogP) is 2.97. The van der Waals surface area contributed by atoms with Crippen molar-refractivity contribution in [3.05, 3.63) is 35.5 Å². The van der Waals surface area contributed by atoms with Gasteiger partial charge in [-0.2, -0.15) is 13.2 Å². The lowest BCUT2D eigenvalue weighted by Gasteiger charge is -2.05. The van der Waals surface area contributed by atoms with Gasteiger partial charge in [0.05, 0.1) is 12.7 Å². The van der Waals surface area contributed by atoms with Crippen molar-refractivity contribution in [2.45, 2.75) is 6.18 Å². The van der Waals surface area contributed by atoms with E-state index in [1.165, 1.54) is 19.2 Å². The molecule has 0 aliphatic rings. The van der Waals surface area contributed by atoms with Gasteiger partial charge in [0.1, 0.15) is 5.69 Å². The minimum absolute atomic E-state index is 0.127. The van der Waals surface area contributed by atoms with E-state index >= 15 is 0 Å². The third-order valence-corrected chi connectivity index (χ3v) is 2.36. The summed E-state index contributed by atoms with van der Waals surface area (Å²) in [4.78, 5) is 13.8. The molecule has 2 aromatic rings. The number of H-pyrrole nitrogens is 1. The number of nitrogens with one attached hydrogen (secondary N) is 1. The van der Waals surface area contributed by atoms with Gasteiger partial charge < -0.3 is 9.72 Å². The molecule has 0 atom stereocenters. The van der Waals surface area contributed by atoms with E-state index in [1.54, 1.807) is 0 Å². The molecule has 0 radical (unpaired) electrons. The number of aromatic nitrogens is 1. The Morgan fingerprint density at radius 1 is 1.29 bits per heavy atom. The number of ether oxygens (including phenoxy) is 1. The fourth-order valence-corrected chi connectivity index (χ4v) is 1.52. The highest BCUT2D eigenvalue weighted by Crippen LogP contribution is 2.31.